The third kappa shape index (κ3) is 2.50. The van der Waals surface area contributed by atoms with Gasteiger partial charge < -0.3 is 5.11 Å². The lowest BCUT2D eigenvalue weighted by Crippen LogP contribution is -2.00. The Morgan fingerprint density at radius 3 is 2.71 bits per heavy atom. The Morgan fingerprint density at radius 1 is 1.50 bits per heavy atom. The zero-order chi connectivity index (χ0) is 10.6. The van der Waals surface area contributed by atoms with E-state index in [4.69, 9.17) is 10.4 Å². The second kappa shape index (κ2) is 5.04. The van der Waals surface area contributed by atoms with Crippen molar-refractivity contribution in [3.8, 4) is 6.07 Å². The van der Waals surface area contributed by atoms with E-state index in [1.54, 1.807) is 17.8 Å². The highest BCUT2D eigenvalue weighted by molar-refractivity contribution is 7.98. The van der Waals surface area contributed by atoms with Crippen LogP contribution in [0.2, 0.25) is 0 Å². The fourth-order valence-electron chi connectivity index (χ4n) is 1.12. The zero-order valence-electron chi connectivity index (χ0n) is 8.24. The zero-order valence-corrected chi connectivity index (χ0v) is 9.06. The Hall–Kier alpha value is -0.980. The average molecular weight is 206 g/mol. The van der Waals surface area contributed by atoms with Crippen molar-refractivity contribution in [2.45, 2.75) is 11.8 Å². The van der Waals surface area contributed by atoms with Crippen LogP contribution in [0.15, 0.2) is 23.1 Å². The molecular formula is C11H12NOS. The predicted octanol–water partition coefficient (Wildman–Crippen LogP) is 2.21. The summed E-state index contributed by atoms with van der Waals surface area (Å²) in [5.41, 5.74) is 1.58. The lowest BCUT2D eigenvalue weighted by molar-refractivity contribution is 0.315. The first kappa shape index (κ1) is 11.1. The maximum absolute atomic E-state index is 8.99. The van der Waals surface area contributed by atoms with Crippen molar-refractivity contribution in [3.63, 3.8) is 0 Å². The molecule has 0 saturated heterocycles. The molecule has 0 unspecified atom stereocenters. The predicted molar refractivity (Wildman–Crippen MR) is 58.0 cm³/mol. The SMILES string of the molecule is CSc1cc(C#N)cc([C](C)CO)c1. The van der Waals surface area contributed by atoms with Gasteiger partial charge in [-0.15, -0.1) is 11.8 Å². The first-order valence-electron chi connectivity index (χ1n) is 4.24. The molecule has 1 aromatic rings. The van der Waals surface area contributed by atoms with Gasteiger partial charge in [0.25, 0.3) is 0 Å². The maximum Gasteiger partial charge on any atom is 0.0992 e. The van der Waals surface area contributed by atoms with E-state index in [1.165, 1.54) is 0 Å². The summed E-state index contributed by atoms with van der Waals surface area (Å²) in [5.74, 6) is 0.886. The van der Waals surface area contributed by atoms with E-state index < -0.39 is 0 Å². The minimum absolute atomic E-state index is 0.0305. The summed E-state index contributed by atoms with van der Waals surface area (Å²) in [6.07, 6.45) is 1.97. The molecule has 0 aromatic heterocycles. The van der Waals surface area contributed by atoms with Gasteiger partial charge in [0.2, 0.25) is 0 Å². The molecule has 0 aliphatic carbocycles. The molecule has 0 amide bonds. The fourth-order valence-corrected chi connectivity index (χ4v) is 1.61. The van der Waals surface area contributed by atoms with Gasteiger partial charge in [-0.2, -0.15) is 5.26 Å². The largest absolute Gasteiger partial charge is 0.395 e. The number of hydrogen-bond donors (Lipinski definition) is 1. The molecule has 0 aliphatic rings. The smallest absolute Gasteiger partial charge is 0.0992 e. The van der Waals surface area contributed by atoms with E-state index in [0.29, 0.717) is 5.56 Å². The van der Waals surface area contributed by atoms with E-state index >= 15 is 0 Å². The number of aliphatic hydroxyl groups excluding tert-OH is 1. The molecule has 0 bridgehead atoms. The van der Waals surface area contributed by atoms with Crippen molar-refractivity contribution in [1.82, 2.24) is 0 Å². The quantitative estimate of drug-likeness (QED) is 0.771. The van der Waals surface area contributed by atoms with Crippen LogP contribution in [-0.4, -0.2) is 18.0 Å². The van der Waals surface area contributed by atoms with Gasteiger partial charge in [0.1, 0.15) is 0 Å². The number of hydrogen-bond acceptors (Lipinski definition) is 3. The van der Waals surface area contributed by atoms with Crippen LogP contribution in [-0.2, 0) is 0 Å². The summed E-state index contributed by atoms with van der Waals surface area (Å²) in [5, 5.41) is 17.8. The van der Waals surface area contributed by atoms with E-state index in [0.717, 1.165) is 16.4 Å². The molecular weight excluding hydrogens is 194 g/mol. The van der Waals surface area contributed by atoms with Gasteiger partial charge in [-0.25, -0.2) is 0 Å². The molecule has 0 aliphatic heterocycles. The van der Waals surface area contributed by atoms with Crippen molar-refractivity contribution >= 4 is 11.8 Å². The summed E-state index contributed by atoms with van der Waals surface area (Å²) >= 11 is 1.59. The van der Waals surface area contributed by atoms with Gasteiger partial charge >= 0.3 is 0 Å². The van der Waals surface area contributed by atoms with E-state index in [-0.39, 0.29) is 6.61 Å². The maximum atomic E-state index is 8.99. The van der Waals surface area contributed by atoms with Crippen LogP contribution in [0.1, 0.15) is 18.1 Å². The van der Waals surface area contributed by atoms with Crippen molar-refractivity contribution in [2.75, 3.05) is 12.9 Å². The van der Waals surface area contributed by atoms with E-state index in [1.807, 2.05) is 25.3 Å². The minimum atomic E-state index is 0.0305. The third-order valence-electron chi connectivity index (χ3n) is 2.00. The van der Waals surface area contributed by atoms with Gasteiger partial charge in [-0.1, -0.05) is 6.92 Å². The highest BCUT2D eigenvalue weighted by Gasteiger charge is 2.07. The van der Waals surface area contributed by atoms with Crippen molar-refractivity contribution < 1.29 is 5.11 Å². The Labute approximate surface area is 88.6 Å². The standard InChI is InChI=1S/C11H12NOS/c1-8(7-13)10-3-9(6-12)4-11(5-10)14-2/h3-5,13H,7H2,1-2H3. The van der Waals surface area contributed by atoms with Crippen molar-refractivity contribution in [3.05, 3.63) is 35.2 Å². The van der Waals surface area contributed by atoms with Gasteiger partial charge in [-0.3, -0.25) is 0 Å². The van der Waals surface area contributed by atoms with Crippen LogP contribution in [0.3, 0.4) is 0 Å². The number of benzene rings is 1. The second-order valence-electron chi connectivity index (χ2n) is 3.00. The molecule has 0 fully saturated rings. The molecule has 0 atom stereocenters. The Kier molecular flexibility index (Phi) is 3.99. The average Bonchev–Trinajstić information content (AvgIpc) is 2.27. The van der Waals surface area contributed by atoms with Crippen LogP contribution in [0, 0.1) is 17.2 Å². The summed E-state index contributed by atoms with van der Waals surface area (Å²) in [4.78, 5) is 1.05. The van der Waals surface area contributed by atoms with Crippen LogP contribution >= 0.6 is 11.8 Å². The third-order valence-corrected chi connectivity index (χ3v) is 2.71. The van der Waals surface area contributed by atoms with Crippen molar-refractivity contribution in [2.24, 2.45) is 0 Å². The number of aliphatic hydroxyl groups is 1. The number of nitriles is 1. The molecule has 0 heterocycles. The fraction of sp³-hybridized carbons (Fsp3) is 0.273. The first-order valence-corrected chi connectivity index (χ1v) is 5.46. The Bertz CT molecular complexity index is 357. The molecule has 14 heavy (non-hydrogen) atoms. The molecule has 73 valence electrons. The molecule has 0 saturated carbocycles. The van der Waals surface area contributed by atoms with E-state index in [9.17, 15) is 0 Å². The van der Waals surface area contributed by atoms with Crippen LogP contribution in [0.25, 0.3) is 0 Å². The van der Waals surface area contributed by atoms with Crippen molar-refractivity contribution in [1.29, 1.82) is 5.26 Å². The Balaban J connectivity index is 3.12. The first-order chi connectivity index (χ1) is 6.71. The number of rotatable bonds is 3. The topological polar surface area (TPSA) is 44.0 Å². The van der Waals surface area contributed by atoms with Crippen LogP contribution < -0.4 is 0 Å². The lowest BCUT2D eigenvalue weighted by Gasteiger charge is -2.09. The summed E-state index contributed by atoms with van der Waals surface area (Å²) < 4.78 is 0. The monoisotopic (exact) mass is 206 g/mol. The van der Waals surface area contributed by atoms with Gasteiger partial charge in [0.15, 0.2) is 0 Å². The summed E-state index contributed by atoms with van der Waals surface area (Å²) in [6.45, 7) is 1.89. The van der Waals surface area contributed by atoms with E-state index in [2.05, 4.69) is 6.07 Å². The normalized spacial score (nSPS) is 10.2. The molecule has 1 radical (unpaired) electrons. The Morgan fingerprint density at radius 2 is 2.21 bits per heavy atom. The highest BCUT2D eigenvalue weighted by Crippen LogP contribution is 2.23. The molecule has 1 aromatic carbocycles. The molecule has 0 spiro atoms. The number of nitrogens with zero attached hydrogens (tertiary/aromatic N) is 1. The summed E-state index contributed by atoms with van der Waals surface area (Å²) in [6, 6.07) is 7.74. The number of thioether (sulfide) groups is 1. The molecule has 3 heteroatoms. The highest BCUT2D eigenvalue weighted by atomic mass is 32.2. The van der Waals surface area contributed by atoms with Crippen LogP contribution in [0.4, 0.5) is 0 Å². The van der Waals surface area contributed by atoms with Gasteiger partial charge in [0.05, 0.1) is 18.2 Å². The van der Waals surface area contributed by atoms with Crippen LogP contribution in [0.5, 0.6) is 0 Å². The lowest BCUT2D eigenvalue weighted by atomic mass is 10.0. The molecule has 1 rings (SSSR count). The molecule has 1 N–H and O–H groups in total. The van der Waals surface area contributed by atoms with Gasteiger partial charge in [0, 0.05) is 10.8 Å². The summed E-state index contributed by atoms with van der Waals surface area (Å²) in [7, 11) is 0. The second-order valence-corrected chi connectivity index (χ2v) is 3.88. The molecule has 2 nitrogen and oxygen atoms in total. The van der Waals surface area contributed by atoms with Gasteiger partial charge in [-0.05, 0) is 30.0 Å². The minimum Gasteiger partial charge on any atom is -0.395 e.